The van der Waals surface area contributed by atoms with E-state index in [-0.39, 0.29) is 0 Å². The van der Waals surface area contributed by atoms with Gasteiger partial charge in [0.15, 0.2) is 11.2 Å². The van der Waals surface area contributed by atoms with Gasteiger partial charge in [0.25, 0.3) is 5.56 Å². The molecule has 1 N–H and O–H groups in total. The van der Waals surface area contributed by atoms with Crippen molar-refractivity contribution in [1.29, 1.82) is 0 Å². The van der Waals surface area contributed by atoms with Gasteiger partial charge in [-0.15, -0.1) is 0 Å². The Hall–Kier alpha value is -2.58. The van der Waals surface area contributed by atoms with Gasteiger partial charge in [-0.3, -0.25) is 18.5 Å². The van der Waals surface area contributed by atoms with E-state index < -0.39 is 11.2 Å². The molecular weight excluding hydrogens is 370 g/mol. The van der Waals surface area contributed by atoms with Gasteiger partial charge in [-0.2, -0.15) is 4.98 Å². The monoisotopic (exact) mass is 391 g/mol. The van der Waals surface area contributed by atoms with E-state index in [1.54, 1.807) is 24.8 Å². The molecule has 144 valence electrons. The number of halogens is 1. The Morgan fingerprint density at radius 3 is 2.63 bits per heavy atom. The molecule has 0 aliphatic heterocycles. The van der Waals surface area contributed by atoms with E-state index in [4.69, 9.17) is 16.3 Å². The van der Waals surface area contributed by atoms with Crippen molar-refractivity contribution in [2.75, 3.05) is 25.6 Å². The Balaban J connectivity index is 2.16. The Morgan fingerprint density at radius 2 is 1.93 bits per heavy atom. The van der Waals surface area contributed by atoms with Crippen LogP contribution in [0.25, 0.3) is 11.2 Å². The molecule has 3 rings (SSSR count). The van der Waals surface area contributed by atoms with E-state index in [1.807, 2.05) is 18.2 Å². The van der Waals surface area contributed by atoms with E-state index in [9.17, 15) is 9.59 Å². The molecule has 0 radical (unpaired) electrons. The normalized spacial score (nSPS) is 11.3. The Kier molecular flexibility index (Phi) is 5.67. The highest BCUT2D eigenvalue weighted by atomic mass is 35.5. The molecule has 0 aliphatic carbocycles. The summed E-state index contributed by atoms with van der Waals surface area (Å²) in [5, 5.41) is 3.84. The second-order valence-corrected chi connectivity index (χ2v) is 6.67. The maximum absolute atomic E-state index is 12.8. The summed E-state index contributed by atoms with van der Waals surface area (Å²) in [5.41, 5.74) is 0.742. The lowest BCUT2D eigenvalue weighted by molar-refractivity contribution is 0.197. The van der Waals surface area contributed by atoms with E-state index in [0.717, 1.165) is 16.6 Å². The van der Waals surface area contributed by atoms with Crippen LogP contribution in [0.4, 0.5) is 5.95 Å². The number of hydrogen-bond acceptors (Lipinski definition) is 5. The van der Waals surface area contributed by atoms with E-state index >= 15 is 0 Å². The first-order chi connectivity index (χ1) is 13.0. The molecule has 9 heteroatoms. The number of benzene rings is 1. The maximum Gasteiger partial charge on any atom is 0.332 e. The third-order valence-electron chi connectivity index (χ3n) is 4.44. The van der Waals surface area contributed by atoms with Gasteiger partial charge < -0.3 is 10.1 Å². The summed E-state index contributed by atoms with van der Waals surface area (Å²) >= 11 is 6.31. The molecule has 0 saturated heterocycles. The highest BCUT2D eigenvalue weighted by molar-refractivity contribution is 6.31. The topological polar surface area (TPSA) is 83.1 Å². The molecule has 0 atom stereocenters. The van der Waals surface area contributed by atoms with E-state index in [2.05, 4.69) is 10.3 Å². The van der Waals surface area contributed by atoms with Gasteiger partial charge in [-0.25, -0.2) is 4.79 Å². The molecule has 8 nitrogen and oxygen atoms in total. The number of ether oxygens (including phenoxy) is 1. The van der Waals surface area contributed by atoms with Crippen molar-refractivity contribution in [2.45, 2.75) is 13.0 Å². The average Bonchev–Trinajstić information content (AvgIpc) is 3.02. The summed E-state index contributed by atoms with van der Waals surface area (Å²) in [6.45, 7) is 1.59. The second-order valence-electron chi connectivity index (χ2n) is 6.26. The first-order valence-corrected chi connectivity index (χ1v) is 8.96. The smallest absolute Gasteiger partial charge is 0.332 e. The molecule has 0 amide bonds. The standard InChI is InChI=1S/C18H22ClN5O3/c1-22-15-14(16(25)23(2)18(22)26)24(11-12-7-4-5-8-13(12)19)17(21-15)20-9-6-10-27-3/h4-5,7-8H,6,9-11H2,1-3H3,(H,20,21). The third kappa shape index (κ3) is 3.63. The predicted octanol–water partition coefficient (Wildman–Crippen LogP) is 1.58. The molecule has 0 aliphatic rings. The van der Waals surface area contributed by atoms with Crippen LogP contribution in [0.15, 0.2) is 33.9 Å². The van der Waals surface area contributed by atoms with Gasteiger partial charge in [-0.1, -0.05) is 29.8 Å². The van der Waals surface area contributed by atoms with Crippen molar-refractivity contribution in [3.63, 3.8) is 0 Å². The lowest BCUT2D eigenvalue weighted by Gasteiger charge is -2.12. The van der Waals surface area contributed by atoms with E-state index in [1.165, 1.54) is 11.6 Å². The zero-order chi connectivity index (χ0) is 19.6. The molecule has 27 heavy (non-hydrogen) atoms. The van der Waals surface area contributed by atoms with Crippen LogP contribution >= 0.6 is 11.6 Å². The van der Waals surface area contributed by atoms with Crippen LogP contribution in [0.3, 0.4) is 0 Å². The molecule has 0 saturated carbocycles. The summed E-state index contributed by atoms with van der Waals surface area (Å²) in [7, 11) is 4.71. The molecule has 3 aromatic rings. The minimum atomic E-state index is -0.416. The first-order valence-electron chi connectivity index (χ1n) is 8.58. The van der Waals surface area contributed by atoms with Crippen LogP contribution in [0, 0.1) is 0 Å². The first kappa shape index (κ1) is 19.2. The van der Waals surface area contributed by atoms with Crippen LogP contribution in [0.5, 0.6) is 0 Å². The summed E-state index contributed by atoms with van der Waals surface area (Å²) in [6.07, 6.45) is 0.780. The number of imidazole rings is 1. The SMILES string of the molecule is COCCCNc1nc2c(c(=O)n(C)c(=O)n2C)n1Cc1ccccc1Cl. The molecule has 0 spiro atoms. The number of aromatic nitrogens is 4. The van der Waals surface area contributed by atoms with Crippen molar-refractivity contribution in [1.82, 2.24) is 18.7 Å². The summed E-state index contributed by atoms with van der Waals surface area (Å²) < 4.78 is 9.30. The fourth-order valence-electron chi connectivity index (χ4n) is 2.95. The fourth-order valence-corrected chi connectivity index (χ4v) is 3.14. The largest absolute Gasteiger partial charge is 0.385 e. The van der Waals surface area contributed by atoms with E-state index in [0.29, 0.717) is 41.8 Å². The number of aryl methyl sites for hydroxylation is 1. The number of fused-ring (bicyclic) bond motifs is 1. The van der Waals surface area contributed by atoms with Gasteiger partial charge >= 0.3 is 5.69 Å². The number of nitrogens with zero attached hydrogens (tertiary/aromatic N) is 4. The Bertz CT molecular complexity index is 1080. The van der Waals surface area contributed by atoms with Crippen LogP contribution in [-0.4, -0.2) is 38.9 Å². The number of nitrogens with one attached hydrogen (secondary N) is 1. The number of methoxy groups -OCH3 is 1. The van der Waals surface area contributed by atoms with Crippen molar-refractivity contribution in [3.05, 3.63) is 55.7 Å². The molecular formula is C18H22ClN5O3. The Labute approximate surface area is 161 Å². The molecule has 0 fully saturated rings. The van der Waals surface area contributed by atoms with Crippen LogP contribution < -0.4 is 16.6 Å². The minimum Gasteiger partial charge on any atom is -0.385 e. The number of hydrogen-bond donors (Lipinski definition) is 1. The number of rotatable bonds is 7. The van der Waals surface area contributed by atoms with Crippen LogP contribution in [0.1, 0.15) is 12.0 Å². The van der Waals surface area contributed by atoms with Crippen molar-refractivity contribution in [2.24, 2.45) is 14.1 Å². The number of anilines is 1. The van der Waals surface area contributed by atoms with Crippen molar-refractivity contribution >= 4 is 28.7 Å². The zero-order valence-electron chi connectivity index (χ0n) is 15.5. The van der Waals surface area contributed by atoms with Gasteiger partial charge in [0, 0.05) is 39.4 Å². The minimum absolute atomic E-state index is 0.337. The second kappa shape index (κ2) is 7.98. The summed E-state index contributed by atoms with van der Waals surface area (Å²) in [5.74, 6) is 0.513. The van der Waals surface area contributed by atoms with Gasteiger partial charge in [0.2, 0.25) is 5.95 Å². The maximum atomic E-state index is 12.8. The lowest BCUT2D eigenvalue weighted by atomic mass is 10.2. The van der Waals surface area contributed by atoms with Crippen LogP contribution in [0.2, 0.25) is 5.02 Å². The fraction of sp³-hybridized carbons (Fsp3) is 0.389. The quantitative estimate of drug-likeness (QED) is 0.618. The zero-order valence-corrected chi connectivity index (χ0v) is 16.3. The molecule has 2 aromatic heterocycles. The summed E-state index contributed by atoms with van der Waals surface area (Å²) in [6, 6.07) is 7.44. The van der Waals surface area contributed by atoms with Gasteiger partial charge in [0.1, 0.15) is 0 Å². The highest BCUT2D eigenvalue weighted by Gasteiger charge is 2.19. The molecule has 2 heterocycles. The molecule has 1 aromatic carbocycles. The highest BCUT2D eigenvalue weighted by Crippen LogP contribution is 2.22. The van der Waals surface area contributed by atoms with Crippen molar-refractivity contribution < 1.29 is 4.74 Å². The van der Waals surface area contributed by atoms with Gasteiger partial charge in [0.05, 0.1) is 6.54 Å². The summed E-state index contributed by atoms with van der Waals surface area (Å²) in [4.78, 5) is 29.6. The third-order valence-corrected chi connectivity index (χ3v) is 4.81. The molecule has 0 unspecified atom stereocenters. The van der Waals surface area contributed by atoms with Crippen molar-refractivity contribution in [3.8, 4) is 0 Å². The predicted molar refractivity (Wildman–Crippen MR) is 106 cm³/mol. The Morgan fingerprint density at radius 1 is 1.19 bits per heavy atom. The molecule has 0 bridgehead atoms. The average molecular weight is 392 g/mol. The lowest BCUT2D eigenvalue weighted by Crippen LogP contribution is -2.37. The van der Waals surface area contributed by atoms with Gasteiger partial charge in [-0.05, 0) is 18.1 Å². The van der Waals surface area contributed by atoms with Crippen LogP contribution in [-0.2, 0) is 25.4 Å².